The van der Waals surface area contributed by atoms with Crippen LogP contribution in [0.1, 0.15) is 11.1 Å². The molecule has 78 valence electrons. The number of rotatable bonds is 1. The highest BCUT2D eigenvalue weighted by Crippen LogP contribution is 2.30. The third-order valence-corrected chi connectivity index (χ3v) is 3.00. The molecule has 0 spiro atoms. The number of hydrogen-bond donors (Lipinski definition) is 0. The van der Waals surface area contributed by atoms with Gasteiger partial charge in [0.25, 0.3) is 0 Å². The van der Waals surface area contributed by atoms with Gasteiger partial charge in [-0.15, -0.1) is 0 Å². The van der Waals surface area contributed by atoms with Crippen LogP contribution in [-0.2, 0) is 6.42 Å². The molecule has 0 aromatic heterocycles. The van der Waals surface area contributed by atoms with Gasteiger partial charge in [0, 0.05) is 11.4 Å². The molecule has 2 aromatic rings. The number of aliphatic imine (C=N–C) groups is 1. The Bertz CT molecular complexity index is 558. The van der Waals surface area contributed by atoms with Crippen LogP contribution in [0.3, 0.4) is 0 Å². The van der Waals surface area contributed by atoms with Crippen LogP contribution in [0.5, 0.6) is 0 Å². The molecule has 0 saturated carbocycles. The summed E-state index contributed by atoms with van der Waals surface area (Å²) < 4.78 is 0. The first-order valence-corrected chi connectivity index (χ1v) is 5.62. The largest absolute Gasteiger partial charge is 0.252 e. The minimum Gasteiger partial charge on any atom is -0.252 e. The molecular weight excluding hydrogens is 218 g/mol. The summed E-state index contributed by atoms with van der Waals surface area (Å²) in [5, 5.41) is 0.781. The standard InChI is InChI=1S/C14H10ClN/c15-12-6-7-13-11(8-12)9-14(16-13)10-4-2-1-3-5-10/h1-8H,9H2. The zero-order valence-corrected chi connectivity index (χ0v) is 9.41. The van der Waals surface area contributed by atoms with Crippen LogP contribution >= 0.6 is 11.6 Å². The lowest BCUT2D eigenvalue weighted by Gasteiger charge is -1.98. The van der Waals surface area contributed by atoms with Gasteiger partial charge in [0.15, 0.2) is 0 Å². The SMILES string of the molecule is Clc1ccc2c(c1)CC(c1ccccc1)=N2. The second-order valence-electron chi connectivity index (χ2n) is 3.87. The predicted molar refractivity (Wildman–Crippen MR) is 67.8 cm³/mol. The van der Waals surface area contributed by atoms with Crippen molar-refractivity contribution in [1.29, 1.82) is 0 Å². The predicted octanol–water partition coefficient (Wildman–Crippen LogP) is 4.02. The second kappa shape index (κ2) is 3.76. The highest BCUT2D eigenvalue weighted by atomic mass is 35.5. The highest BCUT2D eigenvalue weighted by molar-refractivity contribution is 6.30. The van der Waals surface area contributed by atoms with Gasteiger partial charge < -0.3 is 0 Å². The van der Waals surface area contributed by atoms with Crippen molar-refractivity contribution in [2.45, 2.75) is 6.42 Å². The van der Waals surface area contributed by atoms with E-state index in [1.807, 2.05) is 36.4 Å². The van der Waals surface area contributed by atoms with Gasteiger partial charge >= 0.3 is 0 Å². The van der Waals surface area contributed by atoms with E-state index in [-0.39, 0.29) is 0 Å². The summed E-state index contributed by atoms with van der Waals surface area (Å²) in [7, 11) is 0. The summed E-state index contributed by atoms with van der Waals surface area (Å²) in [6, 6.07) is 16.1. The molecule has 0 N–H and O–H groups in total. The number of nitrogens with zero attached hydrogens (tertiary/aromatic N) is 1. The summed E-state index contributed by atoms with van der Waals surface area (Å²) >= 11 is 5.97. The molecule has 2 aromatic carbocycles. The van der Waals surface area contributed by atoms with E-state index in [4.69, 9.17) is 11.6 Å². The van der Waals surface area contributed by atoms with Gasteiger partial charge in [-0.2, -0.15) is 0 Å². The molecule has 0 aliphatic carbocycles. The van der Waals surface area contributed by atoms with Gasteiger partial charge in [-0.1, -0.05) is 41.9 Å². The third-order valence-electron chi connectivity index (χ3n) is 2.76. The molecule has 0 unspecified atom stereocenters. The first-order chi connectivity index (χ1) is 7.83. The minimum absolute atomic E-state index is 0.781. The van der Waals surface area contributed by atoms with Crippen molar-refractivity contribution < 1.29 is 0 Å². The maximum atomic E-state index is 5.97. The molecule has 0 saturated heterocycles. The fourth-order valence-corrected chi connectivity index (χ4v) is 2.16. The molecule has 0 fully saturated rings. The van der Waals surface area contributed by atoms with Crippen LogP contribution in [0.4, 0.5) is 5.69 Å². The second-order valence-corrected chi connectivity index (χ2v) is 4.31. The lowest BCUT2D eigenvalue weighted by Crippen LogP contribution is -1.99. The van der Waals surface area contributed by atoms with Crippen LogP contribution in [0.25, 0.3) is 0 Å². The van der Waals surface area contributed by atoms with Crippen molar-refractivity contribution in [1.82, 2.24) is 0 Å². The lowest BCUT2D eigenvalue weighted by molar-refractivity contribution is 1.39. The van der Waals surface area contributed by atoms with E-state index in [1.165, 1.54) is 11.1 Å². The van der Waals surface area contributed by atoms with Crippen molar-refractivity contribution in [2.75, 3.05) is 0 Å². The fourth-order valence-electron chi connectivity index (χ4n) is 1.97. The van der Waals surface area contributed by atoms with Crippen LogP contribution < -0.4 is 0 Å². The van der Waals surface area contributed by atoms with Crippen molar-refractivity contribution in [3.8, 4) is 0 Å². The van der Waals surface area contributed by atoms with Crippen molar-refractivity contribution in [3.05, 3.63) is 64.7 Å². The average Bonchev–Trinajstić information content (AvgIpc) is 2.73. The Labute approximate surface area is 99.4 Å². The Morgan fingerprint density at radius 2 is 1.81 bits per heavy atom. The van der Waals surface area contributed by atoms with Crippen LogP contribution in [0.15, 0.2) is 53.5 Å². The van der Waals surface area contributed by atoms with Gasteiger partial charge in [0.2, 0.25) is 0 Å². The molecule has 0 bridgehead atoms. The molecule has 1 aliphatic rings. The van der Waals surface area contributed by atoms with Crippen molar-refractivity contribution in [2.24, 2.45) is 4.99 Å². The van der Waals surface area contributed by atoms with Gasteiger partial charge in [-0.25, -0.2) is 0 Å². The normalized spacial score (nSPS) is 13.4. The summed E-state index contributed by atoms with van der Waals surface area (Å²) in [5.74, 6) is 0. The number of benzene rings is 2. The fraction of sp³-hybridized carbons (Fsp3) is 0.0714. The number of hydrogen-bond acceptors (Lipinski definition) is 1. The Hall–Kier alpha value is -1.60. The average molecular weight is 228 g/mol. The van der Waals surface area contributed by atoms with Gasteiger partial charge in [-0.3, -0.25) is 4.99 Å². The molecule has 1 nitrogen and oxygen atoms in total. The summed E-state index contributed by atoms with van der Waals surface area (Å²) in [4.78, 5) is 4.62. The van der Waals surface area contributed by atoms with E-state index >= 15 is 0 Å². The van der Waals surface area contributed by atoms with E-state index in [2.05, 4.69) is 17.1 Å². The van der Waals surface area contributed by atoms with Crippen molar-refractivity contribution >= 4 is 23.0 Å². The molecule has 0 radical (unpaired) electrons. The van der Waals surface area contributed by atoms with E-state index < -0.39 is 0 Å². The lowest BCUT2D eigenvalue weighted by atomic mass is 10.0. The Morgan fingerprint density at radius 1 is 1.00 bits per heavy atom. The van der Waals surface area contributed by atoms with Gasteiger partial charge in [-0.05, 0) is 29.3 Å². The number of halogens is 1. The van der Waals surface area contributed by atoms with Crippen LogP contribution in [-0.4, -0.2) is 5.71 Å². The maximum Gasteiger partial charge on any atom is 0.0670 e. The zero-order valence-electron chi connectivity index (χ0n) is 8.65. The topological polar surface area (TPSA) is 12.4 Å². The summed E-state index contributed by atoms with van der Waals surface area (Å²) in [6.45, 7) is 0. The Morgan fingerprint density at radius 3 is 2.62 bits per heavy atom. The highest BCUT2D eigenvalue weighted by Gasteiger charge is 2.15. The first-order valence-electron chi connectivity index (χ1n) is 5.24. The quantitative estimate of drug-likeness (QED) is 0.698. The molecule has 0 atom stereocenters. The molecule has 2 heteroatoms. The van der Waals surface area contributed by atoms with Gasteiger partial charge in [0.05, 0.1) is 11.4 Å². The van der Waals surface area contributed by atoms with Crippen LogP contribution in [0, 0.1) is 0 Å². The molecule has 1 heterocycles. The summed E-state index contributed by atoms with van der Waals surface area (Å²) in [6.07, 6.45) is 0.875. The number of fused-ring (bicyclic) bond motifs is 1. The Kier molecular flexibility index (Phi) is 2.26. The Balaban J connectivity index is 2.00. The minimum atomic E-state index is 0.781. The summed E-state index contributed by atoms with van der Waals surface area (Å²) in [5.41, 5.74) is 4.57. The van der Waals surface area contributed by atoms with E-state index in [0.29, 0.717) is 0 Å². The van der Waals surface area contributed by atoms with E-state index in [1.54, 1.807) is 0 Å². The van der Waals surface area contributed by atoms with E-state index in [0.717, 1.165) is 22.8 Å². The molecular formula is C14H10ClN. The maximum absolute atomic E-state index is 5.97. The van der Waals surface area contributed by atoms with E-state index in [9.17, 15) is 0 Å². The monoisotopic (exact) mass is 227 g/mol. The van der Waals surface area contributed by atoms with Crippen molar-refractivity contribution in [3.63, 3.8) is 0 Å². The first kappa shape index (κ1) is 9.61. The molecule has 1 aliphatic heterocycles. The zero-order chi connectivity index (χ0) is 11.0. The molecule has 0 amide bonds. The van der Waals surface area contributed by atoms with Crippen LogP contribution in [0.2, 0.25) is 5.02 Å². The molecule has 16 heavy (non-hydrogen) atoms. The third kappa shape index (κ3) is 1.63. The molecule has 3 rings (SSSR count). The smallest absolute Gasteiger partial charge is 0.0670 e. The van der Waals surface area contributed by atoms with Gasteiger partial charge in [0.1, 0.15) is 0 Å².